The van der Waals surface area contributed by atoms with Crippen molar-refractivity contribution in [3.05, 3.63) is 48.0 Å². The molecule has 0 unspecified atom stereocenters. The predicted octanol–water partition coefficient (Wildman–Crippen LogP) is 3.56. The van der Waals surface area contributed by atoms with Crippen molar-refractivity contribution in [2.45, 2.75) is 32.7 Å². The quantitative estimate of drug-likeness (QED) is 0.740. The van der Waals surface area contributed by atoms with Crippen molar-refractivity contribution in [1.82, 2.24) is 4.90 Å². The summed E-state index contributed by atoms with van der Waals surface area (Å²) in [5.74, 6) is 0.721. The highest BCUT2D eigenvalue weighted by atomic mass is 16.2. The first-order valence-corrected chi connectivity index (χ1v) is 6.56. The van der Waals surface area contributed by atoms with E-state index in [0.717, 1.165) is 13.0 Å². The number of amides is 1. The predicted molar refractivity (Wildman–Crippen MR) is 74.1 cm³/mol. The minimum Gasteiger partial charge on any atom is -0.336 e. The third-order valence-electron chi connectivity index (χ3n) is 3.63. The Balaban J connectivity index is 2.06. The Morgan fingerprint density at radius 1 is 1.44 bits per heavy atom. The van der Waals surface area contributed by atoms with Gasteiger partial charge >= 0.3 is 0 Å². The van der Waals surface area contributed by atoms with Crippen molar-refractivity contribution in [3.63, 3.8) is 0 Å². The van der Waals surface area contributed by atoms with E-state index in [2.05, 4.69) is 25.6 Å². The van der Waals surface area contributed by atoms with Crippen LogP contribution in [0.1, 0.15) is 38.3 Å². The fourth-order valence-corrected chi connectivity index (χ4v) is 2.72. The molecule has 1 saturated heterocycles. The van der Waals surface area contributed by atoms with Crippen LogP contribution in [0.5, 0.6) is 0 Å². The van der Waals surface area contributed by atoms with Crippen LogP contribution >= 0.6 is 0 Å². The molecule has 0 aliphatic carbocycles. The van der Waals surface area contributed by atoms with E-state index in [1.54, 1.807) is 0 Å². The summed E-state index contributed by atoms with van der Waals surface area (Å²) in [5, 5.41) is 0. The fraction of sp³-hybridized carbons (Fsp3) is 0.438. The molecule has 0 spiro atoms. The minimum absolute atomic E-state index is 0.175. The highest BCUT2D eigenvalue weighted by Crippen LogP contribution is 2.30. The number of nitrogens with zero attached hydrogens (tertiary/aromatic N) is 1. The Labute approximate surface area is 109 Å². The molecule has 1 fully saturated rings. The van der Waals surface area contributed by atoms with Crippen LogP contribution in [0.25, 0.3) is 0 Å². The van der Waals surface area contributed by atoms with Gasteiger partial charge < -0.3 is 4.90 Å². The van der Waals surface area contributed by atoms with Crippen molar-refractivity contribution >= 4 is 5.91 Å². The van der Waals surface area contributed by atoms with Gasteiger partial charge in [-0.15, -0.1) is 6.58 Å². The van der Waals surface area contributed by atoms with Crippen LogP contribution in [0.3, 0.4) is 0 Å². The lowest BCUT2D eigenvalue weighted by molar-refractivity contribution is -0.129. The highest BCUT2D eigenvalue weighted by Gasteiger charge is 2.32. The lowest BCUT2D eigenvalue weighted by Crippen LogP contribution is -2.28. The number of carbonyl (C=O) groups is 1. The van der Waals surface area contributed by atoms with Gasteiger partial charge in [0, 0.05) is 13.0 Å². The van der Waals surface area contributed by atoms with Crippen LogP contribution in [0.2, 0.25) is 0 Å². The molecule has 2 atom stereocenters. The van der Waals surface area contributed by atoms with E-state index in [4.69, 9.17) is 0 Å². The summed E-state index contributed by atoms with van der Waals surface area (Å²) < 4.78 is 0. The van der Waals surface area contributed by atoms with Gasteiger partial charge in [-0.25, -0.2) is 0 Å². The van der Waals surface area contributed by atoms with Crippen molar-refractivity contribution in [2.24, 2.45) is 5.92 Å². The zero-order valence-corrected chi connectivity index (χ0v) is 11.2. The molecule has 1 heterocycles. The second kappa shape index (κ2) is 5.38. The van der Waals surface area contributed by atoms with Crippen molar-refractivity contribution < 1.29 is 4.79 Å². The molecule has 1 aliphatic heterocycles. The Kier molecular flexibility index (Phi) is 3.85. The van der Waals surface area contributed by atoms with Gasteiger partial charge in [-0.3, -0.25) is 4.79 Å². The number of rotatable bonds is 4. The summed E-state index contributed by atoms with van der Waals surface area (Å²) in [5.41, 5.74) is 2.38. The Hall–Kier alpha value is -1.57. The highest BCUT2D eigenvalue weighted by molar-refractivity contribution is 5.79. The topological polar surface area (TPSA) is 20.3 Å². The SMILES string of the molecule is C=C(C)C[C@@H]1CC(=O)N([C@H](C)c2ccccc2)C1. The Bertz CT molecular complexity index is 438. The average Bonchev–Trinajstić information content (AvgIpc) is 2.69. The summed E-state index contributed by atoms with van der Waals surface area (Å²) in [6, 6.07) is 10.4. The number of likely N-dealkylation sites (tertiary alicyclic amines) is 1. The second-order valence-electron chi connectivity index (χ2n) is 5.36. The fourth-order valence-electron chi connectivity index (χ4n) is 2.72. The molecule has 1 aliphatic rings. The molecule has 1 aromatic rings. The average molecular weight is 243 g/mol. The number of benzene rings is 1. The van der Waals surface area contributed by atoms with Gasteiger partial charge in [0.15, 0.2) is 0 Å². The summed E-state index contributed by atoms with van der Waals surface area (Å²) in [4.78, 5) is 14.1. The summed E-state index contributed by atoms with van der Waals surface area (Å²) in [6.07, 6.45) is 1.63. The third kappa shape index (κ3) is 2.81. The van der Waals surface area contributed by atoms with Gasteiger partial charge in [0.25, 0.3) is 0 Å². The largest absolute Gasteiger partial charge is 0.336 e. The summed E-state index contributed by atoms with van der Waals surface area (Å²) in [6.45, 7) is 8.95. The molecule has 0 bridgehead atoms. The van der Waals surface area contributed by atoms with E-state index >= 15 is 0 Å². The first kappa shape index (κ1) is 12.9. The van der Waals surface area contributed by atoms with E-state index in [0.29, 0.717) is 12.3 Å². The molecule has 18 heavy (non-hydrogen) atoms. The third-order valence-corrected chi connectivity index (χ3v) is 3.63. The molecule has 2 nitrogen and oxygen atoms in total. The van der Waals surface area contributed by atoms with Crippen molar-refractivity contribution in [3.8, 4) is 0 Å². The standard InChI is InChI=1S/C16H21NO/c1-12(2)9-14-10-16(18)17(11-14)13(3)15-7-5-4-6-8-15/h4-8,13-14H,1,9-11H2,2-3H3/t13-,14-/m1/s1. The van der Waals surface area contributed by atoms with E-state index in [1.807, 2.05) is 30.0 Å². The molecule has 1 amide bonds. The number of hydrogen-bond donors (Lipinski definition) is 0. The van der Waals surface area contributed by atoms with Crippen LogP contribution in [0.15, 0.2) is 42.5 Å². The van der Waals surface area contributed by atoms with E-state index < -0.39 is 0 Å². The maximum absolute atomic E-state index is 12.1. The Morgan fingerprint density at radius 2 is 2.11 bits per heavy atom. The maximum atomic E-state index is 12.1. The van der Waals surface area contributed by atoms with Crippen molar-refractivity contribution in [1.29, 1.82) is 0 Å². The van der Waals surface area contributed by atoms with Gasteiger partial charge in [-0.1, -0.05) is 35.9 Å². The van der Waals surface area contributed by atoms with Crippen molar-refractivity contribution in [2.75, 3.05) is 6.54 Å². The molecule has 0 N–H and O–H groups in total. The van der Waals surface area contributed by atoms with Gasteiger partial charge in [0.1, 0.15) is 0 Å². The monoisotopic (exact) mass is 243 g/mol. The van der Waals surface area contributed by atoms with E-state index in [1.165, 1.54) is 11.1 Å². The van der Waals surface area contributed by atoms with E-state index in [9.17, 15) is 4.79 Å². The van der Waals surface area contributed by atoms with Crippen LogP contribution in [-0.2, 0) is 4.79 Å². The van der Waals surface area contributed by atoms with Gasteiger partial charge in [-0.05, 0) is 31.7 Å². The number of hydrogen-bond acceptors (Lipinski definition) is 1. The van der Waals surface area contributed by atoms with Gasteiger partial charge in [0.2, 0.25) is 5.91 Å². The molecule has 2 heteroatoms. The molecule has 0 radical (unpaired) electrons. The van der Waals surface area contributed by atoms with Crippen LogP contribution < -0.4 is 0 Å². The smallest absolute Gasteiger partial charge is 0.223 e. The summed E-state index contributed by atoms with van der Waals surface area (Å²) >= 11 is 0. The zero-order valence-electron chi connectivity index (χ0n) is 11.2. The van der Waals surface area contributed by atoms with E-state index in [-0.39, 0.29) is 11.9 Å². The molecule has 1 aromatic carbocycles. The molecule has 0 saturated carbocycles. The number of allylic oxidation sites excluding steroid dienone is 1. The second-order valence-corrected chi connectivity index (χ2v) is 5.36. The number of carbonyl (C=O) groups excluding carboxylic acids is 1. The maximum Gasteiger partial charge on any atom is 0.223 e. The molecule has 96 valence electrons. The molecular weight excluding hydrogens is 222 g/mol. The van der Waals surface area contributed by atoms with Crippen LogP contribution in [0, 0.1) is 5.92 Å². The minimum atomic E-state index is 0.175. The van der Waals surface area contributed by atoms with Gasteiger partial charge in [-0.2, -0.15) is 0 Å². The first-order chi connectivity index (χ1) is 8.58. The molecular formula is C16H21NO. The lowest BCUT2D eigenvalue weighted by atomic mass is 10.0. The van der Waals surface area contributed by atoms with Crippen LogP contribution in [0.4, 0.5) is 0 Å². The first-order valence-electron chi connectivity index (χ1n) is 6.56. The molecule has 0 aromatic heterocycles. The Morgan fingerprint density at radius 3 is 2.72 bits per heavy atom. The lowest BCUT2D eigenvalue weighted by Gasteiger charge is -2.25. The summed E-state index contributed by atoms with van der Waals surface area (Å²) in [7, 11) is 0. The van der Waals surface area contributed by atoms with Crippen LogP contribution in [-0.4, -0.2) is 17.4 Å². The normalized spacial score (nSPS) is 21.1. The zero-order chi connectivity index (χ0) is 13.1. The van der Waals surface area contributed by atoms with Gasteiger partial charge in [0.05, 0.1) is 6.04 Å². The molecule has 2 rings (SSSR count).